The maximum Gasteiger partial charge on any atom is 0.0954 e. The highest BCUT2D eigenvalue weighted by molar-refractivity contribution is 5.63. The summed E-state index contributed by atoms with van der Waals surface area (Å²) in [5.41, 5.74) is 3.85. The Morgan fingerprint density at radius 2 is 2.16 bits per heavy atom. The Balaban J connectivity index is 1.96. The van der Waals surface area contributed by atoms with Crippen molar-refractivity contribution < 1.29 is 0 Å². The van der Waals surface area contributed by atoms with Crippen LogP contribution in [-0.2, 0) is 0 Å². The molecule has 0 radical (unpaired) electrons. The van der Waals surface area contributed by atoms with Gasteiger partial charge in [-0.15, -0.1) is 0 Å². The summed E-state index contributed by atoms with van der Waals surface area (Å²) >= 11 is 0. The topological polar surface area (TPSA) is 29.9 Å². The van der Waals surface area contributed by atoms with Crippen LogP contribution >= 0.6 is 0 Å². The van der Waals surface area contributed by atoms with Gasteiger partial charge in [0.15, 0.2) is 0 Å². The summed E-state index contributed by atoms with van der Waals surface area (Å²) in [5.74, 6) is 0. The van der Waals surface area contributed by atoms with Crippen molar-refractivity contribution >= 4 is 0 Å². The standard InChI is InChI=1S/C16H21N3/c1-13-6-2-3-8-15(13)16-11-18-12-19(16)14-7-4-5-9-17-10-14/h2-3,6,8,11-12,14,17H,4-5,7,9-10H2,1H3. The normalized spacial score (nSPS) is 20.2. The smallest absolute Gasteiger partial charge is 0.0954 e. The van der Waals surface area contributed by atoms with Crippen LogP contribution in [0.25, 0.3) is 11.3 Å². The number of benzene rings is 1. The van der Waals surface area contributed by atoms with Gasteiger partial charge in [-0.25, -0.2) is 4.98 Å². The van der Waals surface area contributed by atoms with Gasteiger partial charge in [0.2, 0.25) is 0 Å². The molecule has 1 atom stereocenters. The average Bonchev–Trinajstić information content (AvgIpc) is 2.74. The Morgan fingerprint density at radius 1 is 1.26 bits per heavy atom. The van der Waals surface area contributed by atoms with E-state index in [1.54, 1.807) is 0 Å². The lowest BCUT2D eigenvalue weighted by molar-refractivity contribution is 0.464. The zero-order chi connectivity index (χ0) is 13.1. The van der Waals surface area contributed by atoms with Gasteiger partial charge in [0.1, 0.15) is 0 Å². The van der Waals surface area contributed by atoms with Crippen LogP contribution in [0.4, 0.5) is 0 Å². The van der Waals surface area contributed by atoms with Gasteiger partial charge in [0.25, 0.3) is 0 Å². The lowest BCUT2D eigenvalue weighted by atomic mass is 10.0. The quantitative estimate of drug-likeness (QED) is 0.893. The summed E-state index contributed by atoms with van der Waals surface area (Å²) < 4.78 is 2.35. The molecule has 100 valence electrons. The molecule has 1 aromatic heterocycles. The summed E-state index contributed by atoms with van der Waals surface area (Å²) in [6.07, 6.45) is 7.79. The van der Waals surface area contributed by atoms with Crippen molar-refractivity contribution in [3.63, 3.8) is 0 Å². The maximum absolute atomic E-state index is 4.38. The molecule has 0 spiro atoms. The van der Waals surface area contributed by atoms with E-state index in [0.29, 0.717) is 6.04 Å². The summed E-state index contributed by atoms with van der Waals surface area (Å²) in [5, 5.41) is 3.53. The molecule has 1 saturated heterocycles. The van der Waals surface area contributed by atoms with Crippen LogP contribution in [0.5, 0.6) is 0 Å². The van der Waals surface area contributed by atoms with Gasteiger partial charge in [-0.3, -0.25) is 0 Å². The predicted octanol–water partition coefficient (Wildman–Crippen LogP) is 3.17. The third-order valence-corrected chi connectivity index (χ3v) is 4.00. The number of aryl methyl sites for hydroxylation is 1. The van der Waals surface area contributed by atoms with Crippen molar-refractivity contribution in [3.8, 4) is 11.3 Å². The van der Waals surface area contributed by atoms with E-state index in [4.69, 9.17) is 0 Å². The van der Waals surface area contributed by atoms with E-state index in [1.807, 2.05) is 12.5 Å². The summed E-state index contributed by atoms with van der Waals surface area (Å²) in [7, 11) is 0. The van der Waals surface area contributed by atoms with Gasteiger partial charge < -0.3 is 9.88 Å². The molecule has 0 bridgehead atoms. The lowest BCUT2D eigenvalue weighted by Gasteiger charge is -2.20. The van der Waals surface area contributed by atoms with Crippen molar-refractivity contribution in [1.29, 1.82) is 0 Å². The molecule has 3 heteroatoms. The van der Waals surface area contributed by atoms with Gasteiger partial charge in [0, 0.05) is 18.2 Å². The molecular formula is C16H21N3. The number of nitrogens with one attached hydrogen (secondary N) is 1. The maximum atomic E-state index is 4.38. The van der Waals surface area contributed by atoms with E-state index >= 15 is 0 Å². The van der Waals surface area contributed by atoms with Gasteiger partial charge >= 0.3 is 0 Å². The van der Waals surface area contributed by atoms with E-state index in [-0.39, 0.29) is 0 Å². The second-order valence-corrected chi connectivity index (χ2v) is 5.35. The first-order chi connectivity index (χ1) is 9.36. The monoisotopic (exact) mass is 255 g/mol. The molecular weight excluding hydrogens is 234 g/mol. The molecule has 1 aliphatic rings. The second kappa shape index (κ2) is 5.57. The Labute approximate surface area is 114 Å². The number of nitrogens with zero attached hydrogens (tertiary/aromatic N) is 2. The number of rotatable bonds is 2. The predicted molar refractivity (Wildman–Crippen MR) is 78.2 cm³/mol. The first kappa shape index (κ1) is 12.4. The fourth-order valence-electron chi connectivity index (χ4n) is 2.90. The molecule has 3 nitrogen and oxygen atoms in total. The van der Waals surface area contributed by atoms with Gasteiger partial charge in [-0.2, -0.15) is 0 Å². The van der Waals surface area contributed by atoms with Crippen LogP contribution in [0.2, 0.25) is 0 Å². The van der Waals surface area contributed by atoms with E-state index < -0.39 is 0 Å². The minimum atomic E-state index is 0.527. The van der Waals surface area contributed by atoms with Crippen LogP contribution in [0, 0.1) is 6.92 Å². The van der Waals surface area contributed by atoms with Crippen molar-refractivity contribution in [1.82, 2.24) is 14.9 Å². The minimum Gasteiger partial charge on any atom is -0.326 e. The van der Waals surface area contributed by atoms with Crippen molar-refractivity contribution in [2.24, 2.45) is 0 Å². The van der Waals surface area contributed by atoms with Crippen molar-refractivity contribution in [2.45, 2.75) is 32.2 Å². The number of imidazole rings is 1. The first-order valence-electron chi connectivity index (χ1n) is 7.15. The molecule has 0 amide bonds. The largest absolute Gasteiger partial charge is 0.326 e. The van der Waals surface area contributed by atoms with E-state index in [2.05, 4.69) is 46.1 Å². The molecule has 1 aliphatic heterocycles. The third kappa shape index (κ3) is 2.56. The Kier molecular flexibility index (Phi) is 3.65. The highest BCUT2D eigenvalue weighted by Crippen LogP contribution is 2.27. The molecule has 0 saturated carbocycles. The SMILES string of the molecule is Cc1ccccc1-c1cncn1C1CCCCNC1. The molecule has 1 fully saturated rings. The Bertz CT molecular complexity index is 536. The lowest BCUT2D eigenvalue weighted by Crippen LogP contribution is -2.23. The van der Waals surface area contributed by atoms with Crippen LogP contribution in [-0.4, -0.2) is 22.6 Å². The minimum absolute atomic E-state index is 0.527. The van der Waals surface area contributed by atoms with E-state index in [0.717, 1.165) is 13.1 Å². The zero-order valence-corrected chi connectivity index (χ0v) is 11.5. The molecule has 3 rings (SSSR count). The van der Waals surface area contributed by atoms with Crippen LogP contribution in [0.3, 0.4) is 0 Å². The third-order valence-electron chi connectivity index (χ3n) is 4.00. The Hall–Kier alpha value is -1.61. The molecule has 0 aliphatic carbocycles. The van der Waals surface area contributed by atoms with Gasteiger partial charge in [0.05, 0.1) is 18.2 Å². The van der Waals surface area contributed by atoms with E-state index in [1.165, 1.54) is 36.1 Å². The molecule has 1 N–H and O–H groups in total. The number of hydrogen-bond donors (Lipinski definition) is 1. The Morgan fingerprint density at radius 3 is 3.05 bits per heavy atom. The van der Waals surface area contributed by atoms with Crippen molar-refractivity contribution in [3.05, 3.63) is 42.4 Å². The average molecular weight is 255 g/mol. The van der Waals surface area contributed by atoms with Crippen LogP contribution in [0.15, 0.2) is 36.8 Å². The number of aromatic nitrogens is 2. The molecule has 2 aromatic rings. The van der Waals surface area contributed by atoms with Crippen LogP contribution in [0.1, 0.15) is 30.9 Å². The fourth-order valence-corrected chi connectivity index (χ4v) is 2.90. The van der Waals surface area contributed by atoms with E-state index in [9.17, 15) is 0 Å². The highest BCUT2D eigenvalue weighted by atomic mass is 15.1. The summed E-state index contributed by atoms with van der Waals surface area (Å²) in [6.45, 7) is 4.36. The second-order valence-electron chi connectivity index (χ2n) is 5.35. The van der Waals surface area contributed by atoms with Gasteiger partial charge in [-0.1, -0.05) is 30.7 Å². The molecule has 19 heavy (non-hydrogen) atoms. The molecule has 2 heterocycles. The first-order valence-corrected chi connectivity index (χ1v) is 7.15. The van der Waals surface area contributed by atoms with Gasteiger partial charge in [-0.05, 0) is 31.9 Å². The molecule has 1 unspecified atom stereocenters. The summed E-state index contributed by atoms with van der Waals surface area (Å²) in [6, 6.07) is 9.07. The summed E-state index contributed by atoms with van der Waals surface area (Å²) in [4.78, 5) is 4.38. The molecule has 1 aromatic carbocycles. The fraction of sp³-hybridized carbons (Fsp3) is 0.438. The zero-order valence-electron chi connectivity index (χ0n) is 11.5. The highest BCUT2D eigenvalue weighted by Gasteiger charge is 2.17. The van der Waals surface area contributed by atoms with Crippen LogP contribution < -0.4 is 5.32 Å². The number of hydrogen-bond acceptors (Lipinski definition) is 2. The van der Waals surface area contributed by atoms with Crippen molar-refractivity contribution in [2.75, 3.05) is 13.1 Å².